The molecule has 0 bridgehead atoms. The fraction of sp³-hybridized carbons (Fsp3) is 0.320. The first-order chi connectivity index (χ1) is 15.0. The van der Waals surface area contributed by atoms with Gasteiger partial charge in [-0.3, -0.25) is 0 Å². The van der Waals surface area contributed by atoms with Crippen molar-refractivity contribution in [1.82, 2.24) is 0 Å². The molecule has 3 aromatic rings. The van der Waals surface area contributed by atoms with Gasteiger partial charge < -0.3 is 5.11 Å². The van der Waals surface area contributed by atoms with Crippen LogP contribution < -0.4 is 0 Å². The monoisotopic (exact) mass is 478 g/mol. The zero-order valence-electron chi connectivity index (χ0n) is 18.3. The van der Waals surface area contributed by atoms with Crippen molar-refractivity contribution in [2.45, 2.75) is 50.4 Å². The number of hydrogen-bond acceptors (Lipinski definition) is 3. The van der Waals surface area contributed by atoms with Crippen LogP contribution in [0.4, 0.5) is 13.2 Å². The van der Waals surface area contributed by atoms with Crippen LogP contribution in [0, 0.1) is 19.8 Å². The van der Waals surface area contributed by atoms with Gasteiger partial charge in [0.2, 0.25) is 0 Å². The van der Waals surface area contributed by atoms with E-state index in [1.54, 1.807) is 17.8 Å². The molecule has 1 aromatic heterocycles. The highest BCUT2D eigenvalue weighted by Gasteiger charge is 2.30. The van der Waals surface area contributed by atoms with Crippen LogP contribution in [0.15, 0.2) is 53.4 Å². The van der Waals surface area contributed by atoms with E-state index < -0.39 is 17.7 Å². The van der Waals surface area contributed by atoms with E-state index in [1.807, 2.05) is 19.9 Å². The Morgan fingerprint density at radius 3 is 2.09 bits per heavy atom. The molecule has 1 unspecified atom stereocenters. The van der Waals surface area contributed by atoms with Crippen molar-refractivity contribution >= 4 is 29.1 Å². The molecular weight excluding hydrogens is 453 g/mol. The maximum absolute atomic E-state index is 12.9. The summed E-state index contributed by atoms with van der Waals surface area (Å²) in [6.45, 7) is 8.22. The minimum Gasteiger partial charge on any atom is -0.477 e. The molecule has 7 heteroatoms. The number of alkyl halides is 3. The van der Waals surface area contributed by atoms with Gasteiger partial charge in [-0.05, 0) is 84.8 Å². The lowest BCUT2D eigenvalue weighted by Gasteiger charge is -2.19. The number of benzene rings is 2. The van der Waals surface area contributed by atoms with Crippen molar-refractivity contribution < 1.29 is 23.1 Å². The summed E-state index contributed by atoms with van der Waals surface area (Å²) in [5.41, 5.74) is 3.03. The van der Waals surface area contributed by atoms with Crippen molar-refractivity contribution in [3.63, 3.8) is 0 Å². The zero-order chi connectivity index (χ0) is 23.6. The summed E-state index contributed by atoms with van der Waals surface area (Å²) in [6, 6.07) is 12.9. The second-order valence-corrected chi connectivity index (χ2v) is 10.6. The maximum atomic E-state index is 12.9. The zero-order valence-corrected chi connectivity index (χ0v) is 19.9. The molecule has 0 spiro atoms. The van der Waals surface area contributed by atoms with E-state index in [2.05, 4.69) is 26.0 Å². The third-order valence-corrected chi connectivity index (χ3v) is 7.70. The molecule has 1 atom stereocenters. The van der Waals surface area contributed by atoms with Crippen molar-refractivity contribution in [2.75, 3.05) is 0 Å². The highest BCUT2D eigenvalue weighted by molar-refractivity contribution is 7.99. The molecule has 0 aliphatic rings. The fourth-order valence-corrected chi connectivity index (χ4v) is 6.35. The summed E-state index contributed by atoms with van der Waals surface area (Å²) in [5.74, 6) is -0.473. The van der Waals surface area contributed by atoms with Gasteiger partial charge in [0.15, 0.2) is 0 Å². The summed E-state index contributed by atoms with van der Waals surface area (Å²) >= 11 is 3.01. The van der Waals surface area contributed by atoms with Crippen molar-refractivity contribution in [3.05, 3.63) is 75.0 Å². The third kappa shape index (κ3) is 5.75. The Morgan fingerprint density at radius 2 is 1.62 bits per heavy atom. The number of thioether (sulfide) groups is 1. The summed E-state index contributed by atoms with van der Waals surface area (Å²) in [6.07, 6.45) is -3.44. The molecule has 0 saturated heterocycles. The molecule has 170 valence electrons. The number of halogens is 3. The summed E-state index contributed by atoms with van der Waals surface area (Å²) in [5, 5.41) is 9.39. The van der Waals surface area contributed by atoms with E-state index in [0.717, 1.165) is 50.6 Å². The van der Waals surface area contributed by atoms with Gasteiger partial charge in [0.25, 0.3) is 0 Å². The van der Waals surface area contributed by atoms with Gasteiger partial charge in [-0.2, -0.15) is 13.2 Å². The smallest absolute Gasteiger partial charge is 0.416 e. The Morgan fingerprint density at radius 1 is 1.03 bits per heavy atom. The second kappa shape index (κ2) is 9.71. The number of carbonyl (C=O) groups is 1. The lowest BCUT2D eigenvalue weighted by molar-refractivity contribution is -0.137. The standard InChI is InChI=1S/C25H25F3O2S2/c1-14(2)11-22(20-9-10-21(32-20)24(29)30)31-19-12-15(3)23(16(4)13-19)17-5-7-18(8-6-17)25(26,27)28/h5-10,12-14,22H,11H2,1-4H3,(H,29,30). The van der Waals surface area contributed by atoms with E-state index in [9.17, 15) is 23.1 Å². The fourth-order valence-electron chi connectivity index (χ4n) is 3.73. The number of carboxylic acids is 1. The Balaban J connectivity index is 1.90. The van der Waals surface area contributed by atoms with Gasteiger partial charge >= 0.3 is 12.1 Å². The molecule has 0 aliphatic heterocycles. The van der Waals surface area contributed by atoms with Crippen LogP contribution in [-0.2, 0) is 6.18 Å². The number of aryl methyl sites for hydroxylation is 2. The lowest BCUT2D eigenvalue weighted by Crippen LogP contribution is -2.04. The van der Waals surface area contributed by atoms with Crippen molar-refractivity contribution in [2.24, 2.45) is 5.92 Å². The predicted octanol–water partition coefficient (Wildman–Crippen LogP) is 8.63. The third-order valence-electron chi connectivity index (χ3n) is 5.13. The van der Waals surface area contributed by atoms with Crippen LogP contribution in [0.2, 0.25) is 0 Å². The maximum Gasteiger partial charge on any atom is 0.416 e. The number of aromatic carboxylic acids is 1. The van der Waals surface area contributed by atoms with Crippen molar-refractivity contribution in [1.29, 1.82) is 0 Å². The minimum atomic E-state index is -4.35. The Bertz CT molecular complexity index is 1080. The normalized spacial score (nSPS) is 12.9. The summed E-state index contributed by atoms with van der Waals surface area (Å²) in [7, 11) is 0. The molecule has 0 saturated carbocycles. The first kappa shape index (κ1) is 24.4. The number of rotatable bonds is 7. The largest absolute Gasteiger partial charge is 0.477 e. The molecule has 3 rings (SSSR count). The van der Waals surface area contributed by atoms with E-state index in [-0.39, 0.29) is 5.25 Å². The molecule has 0 fully saturated rings. The summed E-state index contributed by atoms with van der Waals surface area (Å²) in [4.78, 5) is 13.7. The number of carboxylic acid groups (broad SMARTS) is 1. The highest BCUT2D eigenvalue weighted by atomic mass is 32.2. The topological polar surface area (TPSA) is 37.3 Å². The van der Waals surface area contributed by atoms with Crippen LogP contribution in [0.3, 0.4) is 0 Å². The van der Waals surface area contributed by atoms with Gasteiger partial charge in [-0.15, -0.1) is 23.1 Å². The SMILES string of the molecule is Cc1cc(SC(CC(C)C)c2ccc(C(=O)O)s2)cc(C)c1-c1ccc(C(F)(F)F)cc1. The summed E-state index contributed by atoms with van der Waals surface area (Å²) < 4.78 is 38.7. The molecule has 2 nitrogen and oxygen atoms in total. The lowest BCUT2D eigenvalue weighted by atomic mass is 9.95. The van der Waals surface area contributed by atoms with Crippen LogP contribution >= 0.6 is 23.1 Å². The van der Waals surface area contributed by atoms with E-state index in [0.29, 0.717) is 10.8 Å². The minimum absolute atomic E-state index is 0.129. The molecule has 0 radical (unpaired) electrons. The Kier molecular flexibility index (Phi) is 7.40. The quantitative estimate of drug-likeness (QED) is 0.345. The average molecular weight is 479 g/mol. The molecule has 32 heavy (non-hydrogen) atoms. The van der Waals surface area contributed by atoms with Crippen LogP contribution in [0.25, 0.3) is 11.1 Å². The molecule has 0 amide bonds. The van der Waals surface area contributed by atoms with Gasteiger partial charge in [0, 0.05) is 15.0 Å². The molecule has 0 aliphatic carbocycles. The van der Waals surface area contributed by atoms with Gasteiger partial charge in [-0.1, -0.05) is 26.0 Å². The molecular formula is C25H25F3O2S2. The molecule has 1 heterocycles. The van der Waals surface area contributed by atoms with E-state index in [1.165, 1.54) is 23.5 Å². The first-order valence-corrected chi connectivity index (χ1v) is 11.9. The first-order valence-electron chi connectivity index (χ1n) is 10.2. The van der Waals surface area contributed by atoms with Gasteiger partial charge in [0.1, 0.15) is 4.88 Å². The van der Waals surface area contributed by atoms with Crippen LogP contribution in [0.5, 0.6) is 0 Å². The second-order valence-electron chi connectivity index (χ2n) is 8.25. The van der Waals surface area contributed by atoms with Gasteiger partial charge in [-0.25, -0.2) is 4.79 Å². The number of hydrogen-bond donors (Lipinski definition) is 1. The Labute approximate surface area is 194 Å². The van der Waals surface area contributed by atoms with Crippen LogP contribution in [-0.4, -0.2) is 11.1 Å². The number of thiophene rings is 1. The average Bonchev–Trinajstić information content (AvgIpc) is 3.17. The molecule has 2 aromatic carbocycles. The predicted molar refractivity (Wildman–Crippen MR) is 126 cm³/mol. The molecule has 1 N–H and O–H groups in total. The highest BCUT2D eigenvalue weighted by Crippen LogP contribution is 2.44. The van der Waals surface area contributed by atoms with Crippen LogP contribution in [0.1, 0.15) is 56.8 Å². The van der Waals surface area contributed by atoms with E-state index in [4.69, 9.17) is 0 Å². The Hall–Kier alpha value is -2.25. The van der Waals surface area contributed by atoms with Gasteiger partial charge in [0.05, 0.1) is 5.56 Å². The van der Waals surface area contributed by atoms with Crippen molar-refractivity contribution in [3.8, 4) is 11.1 Å². The van der Waals surface area contributed by atoms with E-state index >= 15 is 0 Å².